The van der Waals surface area contributed by atoms with Gasteiger partial charge < -0.3 is 15.2 Å². The van der Waals surface area contributed by atoms with Gasteiger partial charge in [-0.1, -0.05) is 31.1 Å². The number of aryl methyl sites for hydroxylation is 2. The molecule has 2 aromatic rings. The maximum atomic E-state index is 13.6. The fraction of sp³-hybridized carbons (Fsp3) is 0.524. The molecule has 0 atom stereocenters. The normalized spacial score (nSPS) is 15.6. The number of guanidine groups is 1. The first kappa shape index (κ1) is 19.4. The van der Waals surface area contributed by atoms with Gasteiger partial charge in [0, 0.05) is 30.5 Å². The maximum Gasteiger partial charge on any atom is 0.191 e. The van der Waals surface area contributed by atoms with Crippen LogP contribution in [0.4, 0.5) is 4.39 Å². The minimum absolute atomic E-state index is 0.0125. The average Bonchev–Trinajstić information content (AvgIpc) is 3.37. The highest BCUT2D eigenvalue weighted by atomic mass is 19.1. The second-order valence-electron chi connectivity index (χ2n) is 7.08. The van der Waals surface area contributed by atoms with Gasteiger partial charge >= 0.3 is 0 Å². The molecule has 1 aromatic carbocycles. The molecule has 2 N–H and O–H groups in total. The average molecular weight is 372 g/mol. The van der Waals surface area contributed by atoms with Crippen LogP contribution in [-0.4, -0.2) is 24.2 Å². The van der Waals surface area contributed by atoms with Crippen molar-refractivity contribution in [3.8, 4) is 0 Å². The van der Waals surface area contributed by atoms with Crippen LogP contribution in [0.2, 0.25) is 0 Å². The van der Waals surface area contributed by atoms with E-state index in [0.717, 1.165) is 67.3 Å². The van der Waals surface area contributed by atoms with Crippen LogP contribution in [0.5, 0.6) is 0 Å². The summed E-state index contributed by atoms with van der Waals surface area (Å²) in [5.41, 5.74) is 3.14. The predicted octanol–water partition coefficient (Wildman–Crippen LogP) is 3.73. The quantitative estimate of drug-likeness (QED) is 0.548. The van der Waals surface area contributed by atoms with Crippen LogP contribution in [0.3, 0.4) is 0 Å². The third kappa shape index (κ3) is 4.49. The van der Waals surface area contributed by atoms with Crippen LogP contribution in [0, 0.1) is 5.82 Å². The molecule has 6 heteroatoms. The van der Waals surface area contributed by atoms with Crippen molar-refractivity contribution in [2.45, 2.75) is 58.4 Å². The highest BCUT2D eigenvalue weighted by Crippen LogP contribution is 2.47. The summed E-state index contributed by atoms with van der Waals surface area (Å²) in [6, 6.07) is 6.94. The summed E-state index contributed by atoms with van der Waals surface area (Å²) in [7, 11) is 0. The molecule has 146 valence electrons. The van der Waals surface area contributed by atoms with Crippen molar-refractivity contribution in [1.82, 2.24) is 15.8 Å². The number of rotatable bonds is 8. The summed E-state index contributed by atoms with van der Waals surface area (Å²) < 4.78 is 19.0. The lowest BCUT2D eigenvalue weighted by Gasteiger charge is -2.19. The number of hydrogen-bond donors (Lipinski definition) is 2. The number of aromatic nitrogens is 1. The highest BCUT2D eigenvalue weighted by Gasteiger charge is 2.44. The fourth-order valence-electron chi connectivity index (χ4n) is 3.41. The first-order valence-corrected chi connectivity index (χ1v) is 9.86. The zero-order valence-electron chi connectivity index (χ0n) is 16.4. The molecule has 1 aliphatic carbocycles. The lowest BCUT2D eigenvalue weighted by molar-refractivity contribution is 0.380. The van der Waals surface area contributed by atoms with Crippen LogP contribution in [0.25, 0.3) is 0 Å². The Morgan fingerprint density at radius 3 is 2.67 bits per heavy atom. The summed E-state index contributed by atoms with van der Waals surface area (Å²) in [4.78, 5) is 4.74. The molecule has 5 nitrogen and oxygen atoms in total. The molecule has 0 saturated heterocycles. The van der Waals surface area contributed by atoms with Crippen LogP contribution in [0.1, 0.15) is 56.2 Å². The molecule has 0 unspecified atom stereocenters. The Morgan fingerprint density at radius 1 is 1.22 bits per heavy atom. The maximum absolute atomic E-state index is 13.6. The Labute approximate surface area is 160 Å². The molecular weight excluding hydrogens is 343 g/mol. The minimum Gasteiger partial charge on any atom is -0.361 e. The summed E-state index contributed by atoms with van der Waals surface area (Å²) >= 11 is 0. The van der Waals surface area contributed by atoms with Crippen molar-refractivity contribution in [3.05, 3.63) is 52.7 Å². The topological polar surface area (TPSA) is 62.5 Å². The van der Waals surface area contributed by atoms with Gasteiger partial charge in [-0.15, -0.1) is 0 Å². The van der Waals surface area contributed by atoms with Gasteiger partial charge in [0.05, 0.1) is 12.2 Å². The third-order valence-corrected chi connectivity index (χ3v) is 5.23. The molecular formula is C21H29FN4O. The molecule has 0 aliphatic heterocycles. The molecule has 0 spiro atoms. The number of nitrogens with zero attached hydrogens (tertiary/aromatic N) is 2. The molecule has 0 amide bonds. The van der Waals surface area contributed by atoms with Gasteiger partial charge in [0.25, 0.3) is 0 Å². The van der Waals surface area contributed by atoms with Gasteiger partial charge in [-0.05, 0) is 43.9 Å². The Bertz CT molecular complexity index is 774. The minimum atomic E-state index is -0.175. The monoisotopic (exact) mass is 372 g/mol. The molecule has 1 saturated carbocycles. The van der Waals surface area contributed by atoms with E-state index in [0.29, 0.717) is 6.54 Å². The number of benzene rings is 1. The highest BCUT2D eigenvalue weighted by molar-refractivity contribution is 5.80. The Balaban J connectivity index is 1.69. The van der Waals surface area contributed by atoms with Crippen molar-refractivity contribution in [3.63, 3.8) is 0 Å². The van der Waals surface area contributed by atoms with Crippen LogP contribution in [-0.2, 0) is 24.8 Å². The van der Waals surface area contributed by atoms with Crippen LogP contribution >= 0.6 is 0 Å². The van der Waals surface area contributed by atoms with Crippen molar-refractivity contribution >= 4 is 5.96 Å². The summed E-state index contributed by atoms with van der Waals surface area (Å²) in [5.74, 6) is 1.50. The zero-order valence-corrected chi connectivity index (χ0v) is 16.4. The standard InChI is InChI=1S/C21H29FN4O/c1-4-18-17(19(5-2)27-26-18)13-24-20(23-6-3)25-14-21(10-11-21)15-8-7-9-16(22)12-15/h7-9,12H,4-6,10-11,13-14H2,1-3H3,(H2,23,24,25). The smallest absolute Gasteiger partial charge is 0.191 e. The van der Waals surface area contributed by atoms with E-state index < -0.39 is 0 Å². The molecule has 0 radical (unpaired) electrons. The summed E-state index contributed by atoms with van der Waals surface area (Å²) in [6.45, 7) is 8.25. The number of aliphatic imine (C=N–C) groups is 1. The number of hydrogen-bond acceptors (Lipinski definition) is 3. The SMILES string of the molecule is CCNC(=NCc1c(CC)noc1CC)NCC1(c2cccc(F)c2)CC1. The molecule has 3 rings (SSSR count). The molecule has 1 aromatic heterocycles. The van der Waals surface area contributed by atoms with Gasteiger partial charge in [0.15, 0.2) is 5.96 Å². The lowest BCUT2D eigenvalue weighted by Crippen LogP contribution is -2.41. The first-order chi connectivity index (χ1) is 13.1. The van der Waals surface area contributed by atoms with Crippen molar-refractivity contribution in [1.29, 1.82) is 0 Å². The Kier molecular flexibility index (Phi) is 6.14. The van der Waals surface area contributed by atoms with Crippen molar-refractivity contribution in [2.75, 3.05) is 13.1 Å². The third-order valence-electron chi connectivity index (χ3n) is 5.23. The second kappa shape index (κ2) is 8.55. The lowest BCUT2D eigenvalue weighted by atomic mass is 9.96. The Hall–Kier alpha value is -2.37. The fourth-order valence-corrected chi connectivity index (χ4v) is 3.41. The van der Waals surface area contributed by atoms with Crippen LogP contribution < -0.4 is 10.6 Å². The van der Waals surface area contributed by atoms with E-state index >= 15 is 0 Å². The van der Waals surface area contributed by atoms with Gasteiger partial charge in [-0.3, -0.25) is 0 Å². The van der Waals surface area contributed by atoms with Crippen LogP contribution in [0.15, 0.2) is 33.8 Å². The van der Waals surface area contributed by atoms with E-state index in [1.165, 1.54) is 6.07 Å². The van der Waals surface area contributed by atoms with Gasteiger partial charge in [-0.2, -0.15) is 0 Å². The summed E-state index contributed by atoms with van der Waals surface area (Å²) in [6.07, 6.45) is 3.77. The van der Waals surface area contributed by atoms with E-state index in [-0.39, 0.29) is 11.2 Å². The molecule has 1 fully saturated rings. The molecule has 27 heavy (non-hydrogen) atoms. The zero-order chi connectivity index (χ0) is 19.3. The van der Waals surface area contributed by atoms with E-state index in [1.54, 1.807) is 12.1 Å². The largest absolute Gasteiger partial charge is 0.361 e. The molecule has 1 aliphatic rings. The Morgan fingerprint density at radius 2 is 2.04 bits per heavy atom. The van der Waals surface area contributed by atoms with E-state index in [9.17, 15) is 4.39 Å². The number of halogens is 1. The second-order valence-corrected chi connectivity index (χ2v) is 7.08. The van der Waals surface area contributed by atoms with E-state index in [4.69, 9.17) is 9.52 Å². The molecule has 1 heterocycles. The summed E-state index contributed by atoms with van der Waals surface area (Å²) in [5, 5.41) is 10.9. The van der Waals surface area contributed by atoms with Crippen molar-refractivity contribution in [2.24, 2.45) is 4.99 Å². The van der Waals surface area contributed by atoms with Gasteiger partial charge in [0.1, 0.15) is 11.6 Å². The predicted molar refractivity (Wildman–Crippen MR) is 105 cm³/mol. The van der Waals surface area contributed by atoms with Crippen molar-refractivity contribution < 1.29 is 8.91 Å². The number of nitrogens with one attached hydrogen (secondary N) is 2. The van der Waals surface area contributed by atoms with E-state index in [2.05, 4.69) is 29.6 Å². The first-order valence-electron chi connectivity index (χ1n) is 9.86. The van der Waals surface area contributed by atoms with Gasteiger partial charge in [-0.25, -0.2) is 9.38 Å². The van der Waals surface area contributed by atoms with E-state index in [1.807, 2.05) is 13.0 Å². The molecule has 0 bridgehead atoms. The van der Waals surface area contributed by atoms with Gasteiger partial charge in [0.2, 0.25) is 0 Å².